The second-order valence-corrected chi connectivity index (χ2v) is 5.99. The van der Waals surface area contributed by atoms with Gasteiger partial charge in [-0.2, -0.15) is 5.10 Å². The molecule has 0 atom stereocenters. The van der Waals surface area contributed by atoms with Crippen LogP contribution in [0.2, 0.25) is 0 Å². The van der Waals surface area contributed by atoms with Crippen LogP contribution in [0.25, 0.3) is 10.8 Å². The fourth-order valence-electron chi connectivity index (χ4n) is 2.92. The van der Waals surface area contributed by atoms with E-state index in [-0.39, 0.29) is 5.91 Å². The van der Waals surface area contributed by atoms with Crippen LogP contribution in [0.5, 0.6) is 5.75 Å². The van der Waals surface area contributed by atoms with E-state index in [1.54, 1.807) is 7.11 Å². The molecule has 4 nitrogen and oxygen atoms in total. The Kier molecular flexibility index (Phi) is 5.64. The molecule has 3 aromatic carbocycles. The van der Waals surface area contributed by atoms with Gasteiger partial charge in [-0.15, -0.1) is 0 Å². The molecule has 0 heterocycles. The van der Waals surface area contributed by atoms with Gasteiger partial charge < -0.3 is 4.74 Å². The molecule has 1 amide bonds. The number of amides is 1. The minimum atomic E-state index is -0.124. The van der Waals surface area contributed by atoms with Gasteiger partial charge in [-0.25, -0.2) is 5.43 Å². The highest BCUT2D eigenvalue weighted by atomic mass is 16.5. The smallest absolute Gasteiger partial charge is 0.244 e. The third-order valence-corrected chi connectivity index (χ3v) is 4.30. The average molecular weight is 346 g/mol. The summed E-state index contributed by atoms with van der Waals surface area (Å²) in [5.41, 5.74) is 5.49. The predicted molar refractivity (Wildman–Crippen MR) is 106 cm³/mol. The first-order chi connectivity index (χ1) is 12.7. The Hall–Kier alpha value is -3.14. The summed E-state index contributed by atoms with van der Waals surface area (Å²) in [6.07, 6.45) is 1.02. The molecule has 0 radical (unpaired) electrons. The molecular formula is C22H22N2O2. The number of hydrazone groups is 1. The van der Waals surface area contributed by atoms with E-state index in [9.17, 15) is 4.79 Å². The Morgan fingerprint density at radius 3 is 2.46 bits per heavy atom. The van der Waals surface area contributed by atoms with E-state index in [4.69, 9.17) is 4.74 Å². The highest BCUT2D eigenvalue weighted by molar-refractivity contribution is 6.01. The molecule has 132 valence electrons. The van der Waals surface area contributed by atoms with E-state index >= 15 is 0 Å². The van der Waals surface area contributed by atoms with Crippen LogP contribution in [0.15, 0.2) is 71.8 Å². The fourth-order valence-corrected chi connectivity index (χ4v) is 2.92. The molecule has 1 N–H and O–H groups in total. The molecule has 0 saturated carbocycles. The summed E-state index contributed by atoms with van der Waals surface area (Å²) in [4.78, 5) is 12.4. The van der Waals surface area contributed by atoms with Crippen molar-refractivity contribution in [2.75, 3.05) is 7.11 Å². The van der Waals surface area contributed by atoms with E-state index in [0.29, 0.717) is 6.42 Å². The summed E-state index contributed by atoms with van der Waals surface area (Å²) < 4.78 is 5.17. The second kappa shape index (κ2) is 8.30. The summed E-state index contributed by atoms with van der Waals surface area (Å²) in [7, 11) is 1.64. The number of nitrogens with one attached hydrogen (secondary N) is 1. The maximum Gasteiger partial charge on any atom is 0.244 e. The highest BCUT2D eigenvalue weighted by Gasteiger charge is 2.07. The van der Waals surface area contributed by atoms with Crippen LogP contribution in [0.3, 0.4) is 0 Å². The molecule has 0 saturated heterocycles. The number of nitrogens with zero attached hydrogens (tertiary/aromatic N) is 1. The largest absolute Gasteiger partial charge is 0.497 e. The number of rotatable bonds is 6. The fraction of sp³-hybridized carbons (Fsp3) is 0.182. The third kappa shape index (κ3) is 4.09. The topological polar surface area (TPSA) is 50.7 Å². The Balaban J connectivity index is 1.72. The number of benzene rings is 3. The first kappa shape index (κ1) is 17.7. The van der Waals surface area contributed by atoms with Crippen molar-refractivity contribution in [3.8, 4) is 5.75 Å². The van der Waals surface area contributed by atoms with Crippen LogP contribution in [0.4, 0.5) is 0 Å². The van der Waals surface area contributed by atoms with Crippen molar-refractivity contribution in [1.29, 1.82) is 0 Å². The number of carbonyl (C=O) groups is 1. The standard InChI is InChI=1S/C22H22N2O2/c1-3-21(17-11-13-19(26-2)14-12-17)23-24-22(25)15-18-9-6-8-16-7-4-5-10-20(16)18/h4-14H,3,15H2,1-2H3,(H,24,25)/b23-21+. The molecule has 0 bridgehead atoms. The van der Waals surface area contributed by atoms with Crippen LogP contribution in [-0.2, 0) is 11.2 Å². The van der Waals surface area contributed by atoms with E-state index < -0.39 is 0 Å². The van der Waals surface area contributed by atoms with Gasteiger partial charge in [0.05, 0.1) is 19.2 Å². The summed E-state index contributed by atoms with van der Waals surface area (Å²) in [6, 6.07) is 21.7. The van der Waals surface area contributed by atoms with Gasteiger partial charge in [0.25, 0.3) is 0 Å². The molecule has 3 rings (SSSR count). The highest BCUT2D eigenvalue weighted by Crippen LogP contribution is 2.19. The van der Waals surface area contributed by atoms with Crippen molar-refractivity contribution in [2.24, 2.45) is 5.10 Å². The monoisotopic (exact) mass is 346 g/mol. The number of fused-ring (bicyclic) bond motifs is 1. The summed E-state index contributed by atoms with van der Waals surface area (Å²) in [5, 5.41) is 6.55. The Morgan fingerprint density at radius 2 is 1.73 bits per heavy atom. The second-order valence-electron chi connectivity index (χ2n) is 5.99. The average Bonchev–Trinajstić information content (AvgIpc) is 2.69. The van der Waals surface area contributed by atoms with Crippen molar-refractivity contribution in [3.05, 3.63) is 77.9 Å². The first-order valence-corrected chi connectivity index (χ1v) is 8.67. The third-order valence-electron chi connectivity index (χ3n) is 4.30. The van der Waals surface area contributed by atoms with Gasteiger partial charge in [0, 0.05) is 0 Å². The predicted octanol–water partition coefficient (Wildman–Crippen LogP) is 4.32. The maximum absolute atomic E-state index is 12.4. The molecule has 0 aliphatic carbocycles. The molecule has 0 aliphatic heterocycles. The number of carbonyl (C=O) groups excluding carboxylic acids is 1. The first-order valence-electron chi connectivity index (χ1n) is 8.67. The van der Waals surface area contributed by atoms with E-state index in [2.05, 4.69) is 10.5 Å². The van der Waals surface area contributed by atoms with Crippen molar-refractivity contribution < 1.29 is 9.53 Å². The van der Waals surface area contributed by atoms with Crippen molar-refractivity contribution in [2.45, 2.75) is 19.8 Å². The van der Waals surface area contributed by atoms with Gasteiger partial charge >= 0.3 is 0 Å². The zero-order valence-corrected chi connectivity index (χ0v) is 15.0. The van der Waals surface area contributed by atoms with Crippen LogP contribution in [0.1, 0.15) is 24.5 Å². The number of hydrogen-bond acceptors (Lipinski definition) is 3. The molecule has 0 aromatic heterocycles. The van der Waals surface area contributed by atoms with Gasteiger partial charge in [0.1, 0.15) is 5.75 Å². The molecule has 3 aromatic rings. The lowest BCUT2D eigenvalue weighted by Crippen LogP contribution is -2.22. The zero-order chi connectivity index (χ0) is 18.4. The Labute approximate surface area is 153 Å². The van der Waals surface area contributed by atoms with Crippen molar-refractivity contribution in [3.63, 3.8) is 0 Å². The lowest BCUT2D eigenvalue weighted by atomic mass is 10.0. The summed E-state index contributed by atoms with van der Waals surface area (Å²) in [6.45, 7) is 2.01. The minimum absolute atomic E-state index is 0.124. The maximum atomic E-state index is 12.4. The minimum Gasteiger partial charge on any atom is -0.497 e. The van der Waals surface area contributed by atoms with Crippen LogP contribution in [-0.4, -0.2) is 18.7 Å². The number of hydrogen-bond donors (Lipinski definition) is 1. The number of ether oxygens (including phenoxy) is 1. The van der Waals surface area contributed by atoms with Gasteiger partial charge in [-0.1, -0.05) is 49.4 Å². The van der Waals surface area contributed by atoms with Gasteiger partial charge in [-0.3, -0.25) is 4.79 Å². The molecule has 4 heteroatoms. The van der Waals surface area contributed by atoms with E-state index in [1.165, 1.54) is 0 Å². The van der Waals surface area contributed by atoms with E-state index in [0.717, 1.165) is 39.8 Å². The van der Waals surface area contributed by atoms with E-state index in [1.807, 2.05) is 73.7 Å². The van der Waals surface area contributed by atoms with Crippen LogP contribution >= 0.6 is 0 Å². The molecule has 26 heavy (non-hydrogen) atoms. The molecular weight excluding hydrogens is 324 g/mol. The zero-order valence-electron chi connectivity index (χ0n) is 15.0. The lowest BCUT2D eigenvalue weighted by molar-refractivity contribution is -0.120. The molecule has 0 spiro atoms. The van der Waals surface area contributed by atoms with Crippen LogP contribution < -0.4 is 10.2 Å². The number of methoxy groups -OCH3 is 1. The lowest BCUT2D eigenvalue weighted by Gasteiger charge is -2.08. The Morgan fingerprint density at radius 1 is 1.00 bits per heavy atom. The quantitative estimate of drug-likeness (QED) is 0.534. The molecule has 0 unspecified atom stereocenters. The van der Waals surface area contributed by atoms with Gasteiger partial charge in [0.2, 0.25) is 5.91 Å². The Bertz CT molecular complexity index is 925. The molecule has 0 aliphatic rings. The summed E-state index contributed by atoms with van der Waals surface area (Å²) >= 11 is 0. The molecule has 0 fully saturated rings. The van der Waals surface area contributed by atoms with Gasteiger partial charge in [-0.05, 0) is 52.6 Å². The van der Waals surface area contributed by atoms with Crippen molar-refractivity contribution >= 4 is 22.4 Å². The van der Waals surface area contributed by atoms with Crippen LogP contribution in [0, 0.1) is 0 Å². The van der Waals surface area contributed by atoms with Crippen molar-refractivity contribution in [1.82, 2.24) is 5.43 Å². The SMILES string of the molecule is CC/C(=N\NC(=O)Cc1cccc2ccccc12)c1ccc(OC)cc1. The normalized spacial score (nSPS) is 11.4. The summed E-state index contributed by atoms with van der Waals surface area (Å²) in [5.74, 6) is 0.671. The van der Waals surface area contributed by atoms with Gasteiger partial charge in [0.15, 0.2) is 0 Å².